The van der Waals surface area contributed by atoms with E-state index in [9.17, 15) is 9.59 Å². The highest BCUT2D eigenvalue weighted by Crippen LogP contribution is 2.30. The zero-order valence-corrected chi connectivity index (χ0v) is 13.2. The van der Waals surface area contributed by atoms with Gasteiger partial charge in [-0.25, -0.2) is 0 Å². The van der Waals surface area contributed by atoms with Gasteiger partial charge in [-0.15, -0.1) is 11.3 Å². The molecule has 0 radical (unpaired) electrons. The van der Waals surface area contributed by atoms with E-state index in [1.165, 1.54) is 0 Å². The Morgan fingerprint density at radius 3 is 3.09 bits per heavy atom. The Hall–Kier alpha value is -2.26. The maximum Gasteiger partial charge on any atom is 0.290 e. The van der Waals surface area contributed by atoms with E-state index in [1.54, 1.807) is 11.3 Å². The van der Waals surface area contributed by atoms with Gasteiger partial charge in [0.1, 0.15) is 0 Å². The van der Waals surface area contributed by atoms with E-state index in [4.69, 9.17) is 10.3 Å². The van der Waals surface area contributed by atoms with Gasteiger partial charge in [0.15, 0.2) is 0 Å². The Morgan fingerprint density at radius 1 is 1.52 bits per heavy atom. The van der Waals surface area contributed by atoms with Gasteiger partial charge >= 0.3 is 0 Å². The fourth-order valence-corrected chi connectivity index (χ4v) is 3.25. The Balaban J connectivity index is 1.57. The number of likely N-dealkylation sites (tertiary alicyclic amines) is 1. The van der Waals surface area contributed by atoms with Gasteiger partial charge in [-0.3, -0.25) is 14.5 Å². The standard InChI is InChI=1S/C14H17N5O3S/c15-12(21)13-17-14(22-18-13)10-4-1-5-19(10)8-11(20)16-7-9-3-2-6-23-9/h2-3,6,10H,1,4-5,7-8H2,(H2,15,21)(H,16,20)/t10-/m1/s1. The second-order valence-electron chi connectivity index (χ2n) is 5.31. The summed E-state index contributed by atoms with van der Waals surface area (Å²) < 4.78 is 5.11. The summed E-state index contributed by atoms with van der Waals surface area (Å²) in [5.41, 5.74) is 5.13. The molecule has 2 aromatic rings. The molecule has 1 aliphatic rings. The van der Waals surface area contributed by atoms with Crippen LogP contribution >= 0.6 is 11.3 Å². The van der Waals surface area contributed by atoms with Crippen molar-refractivity contribution in [2.75, 3.05) is 13.1 Å². The third kappa shape index (κ3) is 3.74. The van der Waals surface area contributed by atoms with E-state index in [-0.39, 0.29) is 24.3 Å². The monoisotopic (exact) mass is 335 g/mol. The quantitative estimate of drug-likeness (QED) is 0.802. The molecule has 0 aromatic carbocycles. The molecule has 0 bridgehead atoms. The van der Waals surface area contributed by atoms with Crippen LogP contribution in [0.3, 0.4) is 0 Å². The lowest BCUT2D eigenvalue weighted by Gasteiger charge is -2.20. The Bertz CT molecular complexity index is 684. The van der Waals surface area contributed by atoms with Crippen molar-refractivity contribution in [1.82, 2.24) is 20.4 Å². The van der Waals surface area contributed by atoms with E-state index in [0.29, 0.717) is 12.4 Å². The van der Waals surface area contributed by atoms with E-state index in [0.717, 1.165) is 24.3 Å². The highest BCUT2D eigenvalue weighted by molar-refractivity contribution is 7.09. The summed E-state index contributed by atoms with van der Waals surface area (Å²) in [6.07, 6.45) is 1.73. The van der Waals surface area contributed by atoms with Crippen LogP contribution in [0.2, 0.25) is 0 Å². The first-order valence-electron chi connectivity index (χ1n) is 7.30. The molecule has 0 unspecified atom stereocenters. The summed E-state index contributed by atoms with van der Waals surface area (Å²) in [7, 11) is 0. The lowest BCUT2D eigenvalue weighted by molar-refractivity contribution is -0.122. The van der Waals surface area contributed by atoms with Crippen LogP contribution in [0.4, 0.5) is 0 Å². The number of nitrogens with zero attached hydrogens (tertiary/aromatic N) is 3. The maximum atomic E-state index is 12.1. The molecule has 0 saturated carbocycles. The molecule has 1 atom stereocenters. The van der Waals surface area contributed by atoms with Crippen molar-refractivity contribution in [3.05, 3.63) is 34.1 Å². The van der Waals surface area contributed by atoms with Crippen LogP contribution < -0.4 is 11.1 Å². The van der Waals surface area contributed by atoms with Gasteiger partial charge < -0.3 is 15.6 Å². The van der Waals surface area contributed by atoms with Crippen molar-refractivity contribution in [2.24, 2.45) is 5.73 Å². The molecule has 3 rings (SSSR count). The minimum atomic E-state index is -0.724. The smallest absolute Gasteiger partial charge is 0.290 e. The average molecular weight is 335 g/mol. The SMILES string of the molecule is NC(=O)c1noc([C@H]2CCCN2CC(=O)NCc2cccs2)n1. The van der Waals surface area contributed by atoms with Gasteiger partial charge in [-0.2, -0.15) is 4.98 Å². The predicted octanol–water partition coefficient (Wildman–Crippen LogP) is 0.683. The van der Waals surface area contributed by atoms with E-state index in [2.05, 4.69) is 15.5 Å². The number of rotatable bonds is 6. The fraction of sp³-hybridized carbons (Fsp3) is 0.429. The molecule has 3 heterocycles. The predicted molar refractivity (Wildman–Crippen MR) is 82.5 cm³/mol. The summed E-state index contributed by atoms with van der Waals surface area (Å²) in [5, 5.41) is 8.43. The van der Waals surface area contributed by atoms with Crippen molar-refractivity contribution in [3.8, 4) is 0 Å². The molecule has 122 valence electrons. The van der Waals surface area contributed by atoms with Crippen LogP contribution in [0.15, 0.2) is 22.0 Å². The number of thiophene rings is 1. The first-order chi connectivity index (χ1) is 11.1. The second-order valence-corrected chi connectivity index (χ2v) is 6.34. The summed E-state index contributed by atoms with van der Waals surface area (Å²) in [6, 6.07) is 3.78. The Morgan fingerprint density at radius 2 is 2.39 bits per heavy atom. The van der Waals surface area contributed by atoms with Crippen molar-refractivity contribution in [2.45, 2.75) is 25.4 Å². The maximum absolute atomic E-state index is 12.1. The number of aromatic nitrogens is 2. The molecule has 3 N–H and O–H groups in total. The second kappa shape index (κ2) is 6.88. The largest absolute Gasteiger partial charge is 0.363 e. The molecule has 23 heavy (non-hydrogen) atoms. The van der Waals surface area contributed by atoms with E-state index < -0.39 is 5.91 Å². The number of hydrogen-bond donors (Lipinski definition) is 2. The molecular weight excluding hydrogens is 318 g/mol. The zero-order chi connectivity index (χ0) is 16.2. The summed E-state index contributed by atoms with van der Waals surface area (Å²) in [5.74, 6) is -0.575. The molecule has 0 spiro atoms. The van der Waals surface area contributed by atoms with Crippen molar-refractivity contribution in [3.63, 3.8) is 0 Å². The summed E-state index contributed by atoms with van der Waals surface area (Å²) in [4.78, 5) is 30.2. The average Bonchev–Trinajstić information content (AvgIpc) is 3.26. The number of primary amides is 1. The van der Waals surface area contributed by atoms with Gasteiger partial charge in [-0.05, 0) is 30.8 Å². The zero-order valence-electron chi connectivity index (χ0n) is 12.4. The lowest BCUT2D eigenvalue weighted by atomic mass is 10.2. The van der Waals surface area contributed by atoms with Crippen molar-refractivity contribution >= 4 is 23.2 Å². The highest BCUT2D eigenvalue weighted by atomic mass is 32.1. The van der Waals surface area contributed by atoms with Crippen LogP contribution in [-0.2, 0) is 11.3 Å². The van der Waals surface area contributed by atoms with Crippen molar-refractivity contribution in [1.29, 1.82) is 0 Å². The van der Waals surface area contributed by atoms with E-state index in [1.807, 2.05) is 22.4 Å². The summed E-state index contributed by atoms with van der Waals surface area (Å²) in [6.45, 7) is 1.55. The molecule has 1 aliphatic heterocycles. The molecular formula is C14H17N5O3S. The van der Waals surface area contributed by atoms with Crippen molar-refractivity contribution < 1.29 is 14.1 Å². The van der Waals surface area contributed by atoms with Crippen LogP contribution in [0.25, 0.3) is 0 Å². The van der Waals surface area contributed by atoms with E-state index >= 15 is 0 Å². The third-order valence-electron chi connectivity index (χ3n) is 3.70. The van der Waals surface area contributed by atoms with Crippen LogP contribution in [0.5, 0.6) is 0 Å². The molecule has 8 nitrogen and oxygen atoms in total. The number of carbonyl (C=O) groups excluding carboxylic acids is 2. The highest BCUT2D eigenvalue weighted by Gasteiger charge is 2.32. The first kappa shape index (κ1) is 15.6. The Labute approximate surface area is 136 Å². The van der Waals surface area contributed by atoms with Gasteiger partial charge in [-0.1, -0.05) is 11.2 Å². The number of nitrogens with one attached hydrogen (secondary N) is 1. The molecule has 1 fully saturated rings. The minimum absolute atomic E-state index is 0.0556. The van der Waals surface area contributed by atoms with Gasteiger partial charge in [0.2, 0.25) is 11.8 Å². The molecule has 2 amide bonds. The minimum Gasteiger partial charge on any atom is -0.363 e. The lowest BCUT2D eigenvalue weighted by Crippen LogP contribution is -2.36. The number of amides is 2. The number of hydrogen-bond acceptors (Lipinski definition) is 7. The third-order valence-corrected chi connectivity index (χ3v) is 4.57. The molecule has 1 saturated heterocycles. The van der Waals surface area contributed by atoms with Gasteiger partial charge in [0.05, 0.1) is 19.1 Å². The van der Waals surface area contributed by atoms with Crippen LogP contribution in [0.1, 0.15) is 40.3 Å². The molecule has 9 heteroatoms. The van der Waals surface area contributed by atoms with Crippen LogP contribution in [0, 0.1) is 0 Å². The topological polar surface area (TPSA) is 114 Å². The molecule has 0 aliphatic carbocycles. The Kier molecular flexibility index (Phi) is 4.68. The van der Waals surface area contributed by atoms with Crippen LogP contribution in [-0.4, -0.2) is 39.9 Å². The van der Waals surface area contributed by atoms with Gasteiger partial charge in [0.25, 0.3) is 11.7 Å². The number of carbonyl (C=O) groups is 2. The normalized spacial score (nSPS) is 18.2. The molecule has 2 aromatic heterocycles. The number of nitrogens with two attached hydrogens (primary N) is 1. The fourth-order valence-electron chi connectivity index (χ4n) is 2.60. The summed E-state index contributed by atoms with van der Waals surface area (Å²) >= 11 is 1.61. The first-order valence-corrected chi connectivity index (χ1v) is 8.18. The van der Waals surface area contributed by atoms with Gasteiger partial charge in [0, 0.05) is 4.88 Å².